The van der Waals surface area contributed by atoms with Crippen LogP contribution in [0.3, 0.4) is 0 Å². The topological polar surface area (TPSA) is 12.0 Å². The number of fused-ring (bicyclic) bond motifs is 2. The molecule has 2 atom stereocenters. The van der Waals surface area contributed by atoms with Crippen molar-refractivity contribution < 1.29 is 8.78 Å². The Morgan fingerprint density at radius 2 is 1.43 bits per heavy atom. The first-order chi connectivity index (χ1) is 6.66. The van der Waals surface area contributed by atoms with E-state index in [-0.39, 0.29) is 11.8 Å². The van der Waals surface area contributed by atoms with Gasteiger partial charge in [0.2, 0.25) is 0 Å². The first kappa shape index (κ1) is 9.08. The van der Waals surface area contributed by atoms with Crippen molar-refractivity contribution in [2.24, 2.45) is 11.8 Å². The Morgan fingerprint density at radius 1 is 0.857 bits per heavy atom. The molecule has 3 fully saturated rings. The van der Waals surface area contributed by atoms with E-state index >= 15 is 0 Å². The van der Waals surface area contributed by atoms with Gasteiger partial charge >= 0.3 is 0 Å². The van der Waals surface area contributed by atoms with Gasteiger partial charge in [0.25, 0.3) is 5.92 Å². The molecule has 3 aliphatic rings. The molecule has 0 aromatic carbocycles. The predicted molar refractivity (Wildman–Crippen MR) is 50.3 cm³/mol. The number of hydrogen-bond donors (Lipinski definition) is 1. The Hall–Kier alpha value is -0.180. The van der Waals surface area contributed by atoms with Gasteiger partial charge in [0.05, 0.1) is 0 Å². The summed E-state index contributed by atoms with van der Waals surface area (Å²) < 4.78 is 27.7. The lowest BCUT2D eigenvalue weighted by Crippen LogP contribution is -2.45. The number of hydrogen-bond acceptors (Lipinski definition) is 1. The van der Waals surface area contributed by atoms with Crippen molar-refractivity contribution in [3.05, 3.63) is 0 Å². The summed E-state index contributed by atoms with van der Waals surface area (Å²) in [5, 5.41) is 3.42. The third-order valence-corrected chi connectivity index (χ3v) is 4.14. The SMILES string of the molecule is FC(F)(C1CC1)C1CC2CCC(C1)N2. The average molecular weight is 201 g/mol. The van der Waals surface area contributed by atoms with E-state index in [2.05, 4.69) is 5.32 Å². The molecule has 0 radical (unpaired) electrons. The zero-order valence-corrected chi connectivity index (χ0v) is 8.31. The molecule has 3 heteroatoms. The van der Waals surface area contributed by atoms with E-state index in [0.717, 1.165) is 25.7 Å². The van der Waals surface area contributed by atoms with Crippen molar-refractivity contribution in [1.29, 1.82) is 0 Å². The maximum atomic E-state index is 13.8. The molecule has 2 aliphatic heterocycles. The summed E-state index contributed by atoms with van der Waals surface area (Å²) in [5.74, 6) is -2.96. The number of alkyl halides is 2. The average Bonchev–Trinajstić information content (AvgIpc) is 2.94. The molecule has 1 nitrogen and oxygen atoms in total. The van der Waals surface area contributed by atoms with E-state index < -0.39 is 5.92 Å². The Bertz CT molecular complexity index is 225. The third-order valence-electron chi connectivity index (χ3n) is 4.14. The lowest BCUT2D eigenvalue weighted by molar-refractivity contribution is -0.0932. The molecule has 2 unspecified atom stereocenters. The summed E-state index contributed by atoms with van der Waals surface area (Å²) in [7, 11) is 0. The van der Waals surface area contributed by atoms with Gasteiger partial charge in [-0.2, -0.15) is 0 Å². The van der Waals surface area contributed by atoms with Crippen molar-refractivity contribution in [3.63, 3.8) is 0 Å². The maximum absolute atomic E-state index is 13.8. The quantitative estimate of drug-likeness (QED) is 0.724. The smallest absolute Gasteiger partial charge is 0.253 e. The molecule has 0 spiro atoms. The summed E-state index contributed by atoms with van der Waals surface area (Å²) >= 11 is 0. The van der Waals surface area contributed by atoms with Crippen LogP contribution < -0.4 is 5.32 Å². The van der Waals surface area contributed by atoms with Crippen LogP contribution >= 0.6 is 0 Å². The Kier molecular flexibility index (Phi) is 1.88. The van der Waals surface area contributed by atoms with E-state index in [9.17, 15) is 8.78 Å². The fourth-order valence-corrected chi connectivity index (χ4v) is 3.17. The van der Waals surface area contributed by atoms with Crippen molar-refractivity contribution >= 4 is 0 Å². The highest BCUT2D eigenvalue weighted by Crippen LogP contribution is 2.51. The molecular formula is C11H17F2N. The zero-order chi connectivity index (χ0) is 9.76. The molecular weight excluding hydrogens is 184 g/mol. The summed E-state index contributed by atoms with van der Waals surface area (Å²) in [6.07, 6.45) is 5.16. The van der Waals surface area contributed by atoms with E-state index in [1.807, 2.05) is 0 Å². The van der Waals surface area contributed by atoms with Crippen molar-refractivity contribution in [1.82, 2.24) is 5.32 Å². The molecule has 2 heterocycles. The normalized spacial score (nSPS) is 42.9. The molecule has 1 aliphatic carbocycles. The van der Waals surface area contributed by atoms with Gasteiger partial charge in [-0.1, -0.05) is 0 Å². The Labute approximate surface area is 83.3 Å². The number of piperidine rings is 1. The van der Waals surface area contributed by atoms with Gasteiger partial charge in [-0.25, -0.2) is 8.78 Å². The van der Waals surface area contributed by atoms with Crippen LogP contribution in [0, 0.1) is 11.8 Å². The van der Waals surface area contributed by atoms with Crippen molar-refractivity contribution in [2.45, 2.75) is 56.5 Å². The van der Waals surface area contributed by atoms with E-state index in [4.69, 9.17) is 0 Å². The Balaban J connectivity index is 1.72. The van der Waals surface area contributed by atoms with Gasteiger partial charge in [-0.15, -0.1) is 0 Å². The lowest BCUT2D eigenvalue weighted by atomic mass is 9.85. The monoisotopic (exact) mass is 201 g/mol. The van der Waals surface area contributed by atoms with Crippen LogP contribution in [0.2, 0.25) is 0 Å². The van der Waals surface area contributed by atoms with Crippen LogP contribution in [0.1, 0.15) is 38.5 Å². The number of nitrogens with one attached hydrogen (secondary N) is 1. The van der Waals surface area contributed by atoms with Gasteiger partial charge in [0.15, 0.2) is 0 Å². The lowest BCUT2D eigenvalue weighted by Gasteiger charge is -2.34. The minimum Gasteiger partial charge on any atom is -0.311 e. The summed E-state index contributed by atoms with van der Waals surface area (Å²) in [4.78, 5) is 0. The molecule has 14 heavy (non-hydrogen) atoms. The molecule has 2 saturated heterocycles. The second kappa shape index (κ2) is 2.91. The van der Waals surface area contributed by atoms with E-state index in [0.29, 0.717) is 24.9 Å². The minimum absolute atomic E-state index is 0.273. The second-order valence-electron chi connectivity index (χ2n) is 5.25. The van der Waals surface area contributed by atoms with Gasteiger partial charge in [0, 0.05) is 23.9 Å². The summed E-state index contributed by atoms with van der Waals surface area (Å²) in [5.41, 5.74) is 0. The van der Waals surface area contributed by atoms with Gasteiger partial charge in [-0.05, 0) is 38.5 Å². The van der Waals surface area contributed by atoms with Crippen LogP contribution in [0.25, 0.3) is 0 Å². The van der Waals surface area contributed by atoms with Crippen molar-refractivity contribution in [3.8, 4) is 0 Å². The zero-order valence-electron chi connectivity index (χ0n) is 8.31. The van der Waals surface area contributed by atoms with Crippen molar-refractivity contribution in [2.75, 3.05) is 0 Å². The van der Waals surface area contributed by atoms with Crippen LogP contribution in [-0.2, 0) is 0 Å². The fourth-order valence-electron chi connectivity index (χ4n) is 3.17. The third kappa shape index (κ3) is 1.37. The molecule has 2 bridgehead atoms. The molecule has 1 saturated carbocycles. The van der Waals surface area contributed by atoms with Crippen LogP contribution in [0.15, 0.2) is 0 Å². The highest BCUT2D eigenvalue weighted by Gasteiger charge is 2.54. The highest BCUT2D eigenvalue weighted by molar-refractivity contribution is 5.00. The van der Waals surface area contributed by atoms with Crippen LogP contribution in [0.5, 0.6) is 0 Å². The summed E-state index contributed by atoms with van der Waals surface area (Å²) in [6, 6.07) is 0.784. The molecule has 1 N–H and O–H groups in total. The minimum atomic E-state index is -2.36. The predicted octanol–water partition coefficient (Wildman–Crippen LogP) is 2.56. The second-order valence-corrected chi connectivity index (χ2v) is 5.25. The first-order valence-corrected chi connectivity index (χ1v) is 5.80. The molecule has 80 valence electrons. The molecule has 0 aromatic heterocycles. The van der Waals surface area contributed by atoms with Gasteiger partial charge in [-0.3, -0.25) is 0 Å². The number of rotatable bonds is 2. The molecule has 3 rings (SSSR count). The standard InChI is InChI=1S/C11H17F2N/c12-11(13,7-1-2-7)8-5-9-3-4-10(6-8)14-9/h7-10,14H,1-6H2. The number of halogens is 2. The largest absolute Gasteiger partial charge is 0.311 e. The van der Waals surface area contributed by atoms with E-state index in [1.54, 1.807) is 0 Å². The Morgan fingerprint density at radius 3 is 1.93 bits per heavy atom. The molecule has 0 aromatic rings. The van der Waals surface area contributed by atoms with Crippen LogP contribution in [-0.4, -0.2) is 18.0 Å². The molecule has 0 amide bonds. The van der Waals surface area contributed by atoms with Crippen LogP contribution in [0.4, 0.5) is 8.78 Å². The van der Waals surface area contributed by atoms with Gasteiger partial charge < -0.3 is 5.32 Å². The fraction of sp³-hybridized carbons (Fsp3) is 1.00. The van der Waals surface area contributed by atoms with E-state index in [1.165, 1.54) is 0 Å². The van der Waals surface area contributed by atoms with Gasteiger partial charge in [0.1, 0.15) is 0 Å². The first-order valence-electron chi connectivity index (χ1n) is 5.80. The summed E-state index contributed by atoms with van der Waals surface area (Å²) in [6.45, 7) is 0. The highest BCUT2D eigenvalue weighted by atomic mass is 19.3. The maximum Gasteiger partial charge on any atom is 0.253 e.